The fraction of sp³-hybridized carbons (Fsp3) is 0.556. The molecule has 1 saturated heterocycles. The van der Waals surface area contributed by atoms with Crippen molar-refractivity contribution in [1.82, 2.24) is 5.32 Å². The molecule has 0 aliphatic carbocycles. The van der Waals surface area contributed by atoms with E-state index in [1.165, 1.54) is 12.1 Å². The zero-order valence-corrected chi connectivity index (χ0v) is 15.2. The van der Waals surface area contributed by atoms with Crippen molar-refractivity contribution >= 4 is 17.5 Å². The maximum atomic E-state index is 13.3. The van der Waals surface area contributed by atoms with Crippen molar-refractivity contribution in [1.29, 1.82) is 0 Å². The average Bonchev–Trinajstić information content (AvgIpc) is 2.50. The van der Waals surface area contributed by atoms with E-state index in [1.807, 2.05) is 13.8 Å². The summed E-state index contributed by atoms with van der Waals surface area (Å²) < 4.78 is 39.9. The van der Waals surface area contributed by atoms with Crippen LogP contribution in [0.1, 0.15) is 58.6 Å². The van der Waals surface area contributed by atoms with Gasteiger partial charge < -0.3 is 5.32 Å². The van der Waals surface area contributed by atoms with E-state index in [0.717, 1.165) is 6.07 Å². The van der Waals surface area contributed by atoms with E-state index in [0.29, 0.717) is 0 Å². The molecule has 0 bridgehead atoms. The van der Waals surface area contributed by atoms with Gasteiger partial charge in [-0.3, -0.25) is 14.9 Å². The van der Waals surface area contributed by atoms with Crippen LogP contribution in [0.4, 0.5) is 18.9 Å². The molecule has 1 unspecified atom stereocenters. The topological polar surface area (TPSA) is 58.2 Å². The van der Waals surface area contributed by atoms with Crippen molar-refractivity contribution in [3.05, 3.63) is 29.3 Å². The summed E-state index contributed by atoms with van der Waals surface area (Å²) in [5, 5.41) is 4.95. The Morgan fingerprint density at radius 2 is 1.68 bits per heavy atom. The predicted octanol–water partition coefficient (Wildman–Crippen LogP) is 4.25. The van der Waals surface area contributed by atoms with Gasteiger partial charge in [0.15, 0.2) is 0 Å². The van der Waals surface area contributed by atoms with Crippen molar-refractivity contribution in [3.8, 4) is 0 Å². The third kappa shape index (κ3) is 5.47. The van der Waals surface area contributed by atoms with Gasteiger partial charge in [-0.05, 0) is 29.5 Å². The van der Waals surface area contributed by atoms with Gasteiger partial charge in [0.2, 0.25) is 11.8 Å². The molecule has 2 rings (SSSR count). The molecule has 1 aromatic rings. The molecule has 1 aromatic carbocycles. The van der Waals surface area contributed by atoms with Gasteiger partial charge in [-0.2, -0.15) is 13.2 Å². The first kappa shape index (κ1) is 21.0. The van der Waals surface area contributed by atoms with Crippen LogP contribution in [-0.2, 0) is 21.2 Å². The number of benzene rings is 1. The van der Waals surface area contributed by atoms with Crippen LogP contribution in [-0.4, -0.2) is 17.9 Å². The van der Waals surface area contributed by atoms with E-state index in [9.17, 15) is 22.8 Å². The minimum atomic E-state index is -4.48. The van der Waals surface area contributed by atoms with Gasteiger partial charge in [-0.15, -0.1) is 0 Å². The number of carbonyl (C=O) groups excluding carboxylic acids is 2. The van der Waals surface area contributed by atoms with Crippen LogP contribution in [0.5, 0.6) is 0 Å². The van der Waals surface area contributed by atoms with Gasteiger partial charge in [0, 0.05) is 12.1 Å². The molecule has 1 fully saturated rings. The van der Waals surface area contributed by atoms with Crippen LogP contribution in [0.3, 0.4) is 0 Å². The molecule has 4 nitrogen and oxygen atoms in total. The lowest BCUT2D eigenvalue weighted by Crippen LogP contribution is -2.47. The minimum absolute atomic E-state index is 0.162. The quantitative estimate of drug-likeness (QED) is 0.777. The van der Waals surface area contributed by atoms with Gasteiger partial charge in [-0.1, -0.05) is 40.7 Å². The highest BCUT2D eigenvalue weighted by Crippen LogP contribution is 2.39. The molecule has 2 amide bonds. The highest BCUT2D eigenvalue weighted by atomic mass is 19.4. The largest absolute Gasteiger partial charge is 0.416 e. The second-order valence-corrected chi connectivity index (χ2v) is 6.66. The van der Waals surface area contributed by atoms with E-state index < -0.39 is 29.1 Å². The molecule has 0 radical (unpaired) electrons. The SMILES string of the molecule is CC.CC(C)(C)c1ccc(NC2CCC(=O)NC2=O)cc1C(F)(F)F. The number of hydrogen-bond acceptors (Lipinski definition) is 3. The predicted molar refractivity (Wildman–Crippen MR) is 91.3 cm³/mol. The molecule has 25 heavy (non-hydrogen) atoms. The number of alkyl halides is 3. The minimum Gasteiger partial charge on any atom is -0.374 e. The van der Waals surface area contributed by atoms with Crippen LogP contribution >= 0.6 is 0 Å². The molecule has 0 aromatic heterocycles. The van der Waals surface area contributed by atoms with Crippen molar-refractivity contribution < 1.29 is 22.8 Å². The second kappa shape index (κ2) is 7.89. The summed E-state index contributed by atoms with van der Waals surface area (Å²) in [6.45, 7) is 9.14. The monoisotopic (exact) mass is 358 g/mol. The van der Waals surface area contributed by atoms with E-state index in [2.05, 4.69) is 10.6 Å². The van der Waals surface area contributed by atoms with Crippen molar-refractivity contribution in [3.63, 3.8) is 0 Å². The summed E-state index contributed by atoms with van der Waals surface area (Å²) in [5.41, 5.74) is -0.973. The van der Waals surface area contributed by atoms with Crippen molar-refractivity contribution in [2.24, 2.45) is 0 Å². The Balaban J connectivity index is 0.00000151. The van der Waals surface area contributed by atoms with Crippen LogP contribution in [0.25, 0.3) is 0 Å². The third-order valence-corrected chi connectivity index (χ3v) is 3.71. The number of carbonyl (C=O) groups is 2. The summed E-state index contributed by atoms with van der Waals surface area (Å²) in [4.78, 5) is 22.8. The smallest absolute Gasteiger partial charge is 0.374 e. The number of imide groups is 1. The average molecular weight is 358 g/mol. The Labute approximate surface area is 146 Å². The lowest BCUT2D eigenvalue weighted by Gasteiger charge is -2.27. The first-order chi connectivity index (χ1) is 11.5. The second-order valence-electron chi connectivity index (χ2n) is 6.66. The summed E-state index contributed by atoms with van der Waals surface area (Å²) in [5.74, 6) is -0.887. The molecule has 1 heterocycles. The third-order valence-electron chi connectivity index (χ3n) is 3.71. The van der Waals surface area contributed by atoms with Gasteiger partial charge in [-0.25, -0.2) is 0 Å². The molecule has 1 aliphatic heterocycles. The fourth-order valence-electron chi connectivity index (χ4n) is 2.56. The standard InChI is InChI=1S/C16H19F3N2O2.C2H6/c1-15(2,3)10-5-4-9(8-11(10)16(17,18)19)20-12-6-7-13(22)21-14(12)23;1-2/h4-5,8,12,20H,6-7H2,1-3H3,(H,21,22,23);1-2H3. The maximum Gasteiger partial charge on any atom is 0.416 e. The van der Waals surface area contributed by atoms with Gasteiger partial charge in [0.25, 0.3) is 0 Å². The maximum absolute atomic E-state index is 13.3. The number of nitrogens with one attached hydrogen (secondary N) is 2. The summed E-state index contributed by atoms with van der Waals surface area (Å²) in [7, 11) is 0. The van der Waals surface area contributed by atoms with Crippen molar-refractivity contribution in [2.45, 2.75) is 65.1 Å². The molecular weight excluding hydrogens is 333 g/mol. The zero-order valence-electron chi connectivity index (χ0n) is 15.2. The Bertz CT molecular complexity index is 634. The Morgan fingerprint density at radius 1 is 1.08 bits per heavy atom. The Hall–Kier alpha value is -2.05. The fourth-order valence-corrected chi connectivity index (χ4v) is 2.56. The summed E-state index contributed by atoms with van der Waals surface area (Å²) in [6.07, 6.45) is -4.06. The zero-order chi connectivity index (χ0) is 19.4. The first-order valence-electron chi connectivity index (χ1n) is 8.30. The van der Waals surface area contributed by atoms with Crippen LogP contribution < -0.4 is 10.6 Å². The van der Waals surface area contributed by atoms with Gasteiger partial charge in [0.1, 0.15) is 6.04 Å². The molecule has 1 atom stereocenters. The first-order valence-corrected chi connectivity index (χ1v) is 8.30. The van der Waals surface area contributed by atoms with E-state index >= 15 is 0 Å². The number of anilines is 1. The lowest BCUT2D eigenvalue weighted by molar-refractivity contribution is -0.138. The Morgan fingerprint density at radius 3 is 2.16 bits per heavy atom. The molecule has 0 spiro atoms. The molecule has 0 saturated carbocycles. The van der Waals surface area contributed by atoms with Gasteiger partial charge in [0.05, 0.1) is 5.56 Å². The highest BCUT2D eigenvalue weighted by molar-refractivity contribution is 6.01. The summed E-state index contributed by atoms with van der Waals surface area (Å²) >= 11 is 0. The van der Waals surface area contributed by atoms with Crippen LogP contribution in [0.15, 0.2) is 18.2 Å². The molecular formula is C18H25F3N2O2. The lowest BCUT2D eigenvalue weighted by atomic mass is 9.83. The van der Waals surface area contributed by atoms with Crippen molar-refractivity contribution in [2.75, 3.05) is 5.32 Å². The van der Waals surface area contributed by atoms with Gasteiger partial charge >= 0.3 is 6.18 Å². The molecule has 1 aliphatic rings. The molecule has 2 N–H and O–H groups in total. The van der Waals surface area contributed by atoms with Crippen LogP contribution in [0, 0.1) is 0 Å². The number of halogens is 3. The molecule has 140 valence electrons. The molecule has 7 heteroatoms. The number of amides is 2. The van der Waals surface area contributed by atoms with E-state index in [-0.39, 0.29) is 30.0 Å². The van der Waals surface area contributed by atoms with E-state index in [1.54, 1.807) is 20.8 Å². The normalized spacial score (nSPS) is 18.2. The number of hydrogen-bond donors (Lipinski definition) is 2. The summed E-state index contributed by atoms with van der Waals surface area (Å²) in [6, 6.07) is 3.26. The van der Waals surface area contributed by atoms with E-state index in [4.69, 9.17) is 0 Å². The number of piperidine rings is 1. The Kier molecular flexibility index (Phi) is 6.62. The highest BCUT2D eigenvalue weighted by Gasteiger charge is 2.37. The number of rotatable bonds is 2. The van der Waals surface area contributed by atoms with Crippen LogP contribution in [0.2, 0.25) is 0 Å².